The molecule has 2 rings (SSSR count). The summed E-state index contributed by atoms with van der Waals surface area (Å²) in [4.78, 5) is 13.5. The monoisotopic (exact) mass is 206 g/mol. The van der Waals surface area contributed by atoms with Crippen LogP contribution >= 0.6 is 0 Å². The van der Waals surface area contributed by atoms with Gasteiger partial charge in [-0.1, -0.05) is 0 Å². The van der Waals surface area contributed by atoms with E-state index in [1.807, 2.05) is 0 Å². The zero-order valence-corrected chi connectivity index (χ0v) is 8.07. The van der Waals surface area contributed by atoms with Crippen LogP contribution in [0.15, 0.2) is 18.2 Å². The molecule has 0 fully saturated rings. The minimum absolute atomic E-state index is 0.116. The van der Waals surface area contributed by atoms with Crippen molar-refractivity contribution in [2.24, 2.45) is 0 Å². The van der Waals surface area contributed by atoms with E-state index in [1.54, 1.807) is 12.1 Å². The zero-order valence-electron chi connectivity index (χ0n) is 8.07. The van der Waals surface area contributed by atoms with E-state index in [-0.39, 0.29) is 5.69 Å². The molecule has 0 bridgehead atoms. The molecule has 15 heavy (non-hydrogen) atoms. The van der Waals surface area contributed by atoms with Gasteiger partial charge in [0.2, 0.25) is 0 Å². The maximum absolute atomic E-state index is 10.7. The topological polar surface area (TPSA) is 88.3 Å². The van der Waals surface area contributed by atoms with Crippen molar-refractivity contribution in [1.29, 1.82) is 0 Å². The van der Waals surface area contributed by atoms with Gasteiger partial charge in [0, 0.05) is 11.5 Å². The first kappa shape index (κ1) is 9.39. The molecule has 78 valence electrons. The lowest BCUT2D eigenvalue weighted by atomic mass is 10.2. The Labute approximate surface area is 85.5 Å². The van der Waals surface area contributed by atoms with Gasteiger partial charge in [0.25, 0.3) is 0 Å². The molecular weight excluding hydrogens is 196 g/mol. The van der Waals surface area contributed by atoms with Crippen molar-refractivity contribution < 1.29 is 14.6 Å². The van der Waals surface area contributed by atoms with Crippen LogP contribution in [0, 0.1) is 0 Å². The van der Waals surface area contributed by atoms with Crippen LogP contribution in [0.25, 0.3) is 10.9 Å². The Balaban J connectivity index is 2.69. The lowest BCUT2D eigenvalue weighted by molar-refractivity contribution is 0.0691. The summed E-state index contributed by atoms with van der Waals surface area (Å²) in [5.41, 5.74) is 6.95. The molecule has 4 N–H and O–H groups in total. The molecule has 0 saturated carbocycles. The van der Waals surface area contributed by atoms with Gasteiger partial charge in [-0.05, 0) is 12.1 Å². The van der Waals surface area contributed by atoms with Crippen LogP contribution in [0.2, 0.25) is 0 Å². The minimum atomic E-state index is -1.01. The second-order valence-corrected chi connectivity index (χ2v) is 3.17. The fraction of sp³-hybridized carbons (Fsp3) is 0.100. The quantitative estimate of drug-likeness (QED) is 0.649. The lowest BCUT2D eigenvalue weighted by Gasteiger charge is -2.01. The van der Waals surface area contributed by atoms with E-state index in [2.05, 4.69) is 4.98 Å². The van der Waals surface area contributed by atoms with Crippen molar-refractivity contribution in [2.45, 2.75) is 0 Å². The molecule has 0 aliphatic carbocycles. The molecule has 0 saturated heterocycles. The first-order valence-electron chi connectivity index (χ1n) is 4.31. The van der Waals surface area contributed by atoms with E-state index in [4.69, 9.17) is 15.6 Å². The molecule has 2 aromatic rings. The summed E-state index contributed by atoms with van der Waals surface area (Å²) in [7, 11) is 1.53. The summed E-state index contributed by atoms with van der Waals surface area (Å²) < 4.78 is 5.03. The number of aromatic nitrogens is 1. The molecule has 0 aliphatic rings. The van der Waals surface area contributed by atoms with Crippen molar-refractivity contribution in [3.63, 3.8) is 0 Å². The molecule has 0 spiro atoms. The first-order chi connectivity index (χ1) is 7.11. The number of aromatic carboxylic acids is 1. The fourth-order valence-corrected chi connectivity index (χ4v) is 1.48. The molecule has 0 radical (unpaired) electrons. The normalized spacial score (nSPS) is 10.5. The van der Waals surface area contributed by atoms with Crippen LogP contribution < -0.4 is 10.5 Å². The molecular formula is C10H10N2O3. The third-order valence-corrected chi connectivity index (χ3v) is 2.20. The number of fused-ring (bicyclic) bond motifs is 1. The van der Waals surface area contributed by atoms with Gasteiger partial charge >= 0.3 is 5.97 Å². The largest absolute Gasteiger partial charge is 0.497 e. The second kappa shape index (κ2) is 3.20. The Hall–Kier alpha value is -2.17. The van der Waals surface area contributed by atoms with Gasteiger partial charge in [-0.15, -0.1) is 0 Å². The summed E-state index contributed by atoms with van der Waals surface area (Å²) in [6.07, 6.45) is 0. The van der Waals surface area contributed by atoms with Gasteiger partial charge in [0.1, 0.15) is 11.4 Å². The van der Waals surface area contributed by atoms with Gasteiger partial charge in [0.05, 0.1) is 18.3 Å². The maximum atomic E-state index is 10.7. The predicted molar refractivity (Wildman–Crippen MR) is 56.2 cm³/mol. The standard InChI is InChI=1S/C10H10N2O3/c1-15-6-2-5-3-8(10(13)14)12-9(5)7(11)4-6/h2-4,12H,11H2,1H3,(H,13,14). The number of methoxy groups -OCH3 is 1. The fourth-order valence-electron chi connectivity index (χ4n) is 1.48. The highest BCUT2D eigenvalue weighted by molar-refractivity contribution is 5.98. The number of benzene rings is 1. The van der Waals surface area contributed by atoms with Crippen LogP contribution in [0.1, 0.15) is 10.5 Å². The molecule has 0 atom stereocenters. The van der Waals surface area contributed by atoms with Gasteiger partial charge in [-0.25, -0.2) is 4.79 Å². The van der Waals surface area contributed by atoms with Crippen molar-refractivity contribution in [1.82, 2.24) is 4.98 Å². The number of aromatic amines is 1. The third kappa shape index (κ3) is 1.48. The summed E-state index contributed by atoms with van der Waals surface area (Å²) in [6, 6.07) is 4.90. The highest BCUT2D eigenvalue weighted by atomic mass is 16.5. The molecule has 5 nitrogen and oxygen atoms in total. The van der Waals surface area contributed by atoms with E-state index in [9.17, 15) is 4.79 Å². The number of carboxylic acid groups (broad SMARTS) is 1. The van der Waals surface area contributed by atoms with Crippen LogP contribution in [-0.4, -0.2) is 23.2 Å². The molecule has 5 heteroatoms. The van der Waals surface area contributed by atoms with Crippen LogP contribution in [0.5, 0.6) is 5.75 Å². The second-order valence-electron chi connectivity index (χ2n) is 3.17. The number of carbonyl (C=O) groups is 1. The SMILES string of the molecule is COc1cc(N)c2[nH]c(C(=O)O)cc2c1. The van der Waals surface area contributed by atoms with E-state index >= 15 is 0 Å². The molecule has 1 heterocycles. The molecule has 0 aliphatic heterocycles. The average Bonchev–Trinajstić information content (AvgIpc) is 2.61. The van der Waals surface area contributed by atoms with E-state index in [1.165, 1.54) is 13.2 Å². The van der Waals surface area contributed by atoms with Gasteiger partial charge in [0.15, 0.2) is 0 Å². The lowest BCUT2D eigenvalue weighted by Crippen LogP contribution is -1.95. The highest BCUT2D eigenvalue weighted by Crippen LogP contribution is 2.27. The van der Waals surface area contributed by atoms with Gasteiger partial charge in [-0.2, -0.15) is 0 Å². The molecule has 1 aromatic heterocycles. The average molecular weight is 206 g/mol. The van der Waals surface area contributed by atoms with Crippen molar-refractivity contribution >= 4 is 22.6 Å². The Morgan fingerprint density at radius 3 is 2.80 bits per heavy atom. The smallest absolute Gasteiger partial charge is 0.352 e. The van der Waals surface area contributed by atoms with Crippen LogP contribution in [0.4, 0.5) is 5.69 Å². The van der Waals surface area contributed by atoms with E-state index in [0.717, 1.165) is 5.39 Å². The Bertz CT molecular complexity index is 531. The molecule has 0 amide bonds. The number of nitrogen functional groups attached to an aromatic ring is 1. The summed E-state index contributed by atoms with van der Waals surface area (Å²) in [6.45, 7) is 0. The summed E-state index contributed by atoms with van der Waals surface area (Å²) in [5.74, 6) is -0.402. The molecule has 0 unspecified atom stereocenters. The maximum Gasteiger partial charge on any atom is 0.352 e. The number of nitrogens with one attached hydrogen (secondary N) is 1. The Morgan fingerprint density at radius 1 is 1.47 bits per heavy atom. The van der Waals surface area contributed by atoms with Crippen molar-refractivity contribution in [3.05, 3.63) is 23.9 Å². The first-order valence-corrected chi connectivity index (χ1v) is 4.31. The number of hydrogen-bond donors (Lipinski definition) is 3. The minimum Gasteiger partial charge on any atom is -0.497 e. The van der Waals surface area contributed by atoms with E-state index in [0.29, 0.717) is 17.0 Å². The van der Waals surface area contributed by atoms with Crippen molar-refractivity contribution in [2.75, 3.05) is 12.8 Å². The summed E-state index contributed by atoms with van der Waals surface area (Å²) >= 11 is 0. The Morgan fingerprint density at radius 2 is 2.20 bits per heavy atom. The van der Waals surface area contributed by atoms with Gasteiger partial charge < -0.3 is 20.6 Å². The number of hydrogen-bond acceptors (Lipinski definition) is 3. The third-order valence-electron chi connectivity index (χ3n) is 2.20. The van der Waals surface area contributed by atoms with Gasteiger partial charge in [-0.3, -0.25) is 0 Å². The molecule has 1 aromatic carbocycles. The van der Waals surface area contributed by atoms with Crippen LogP contribution in [-0.2, 0) is 0 Å². The zero-order chi connectivity index (χ0) is 11.0. The van der Waals surface area contributed by atoms with Crippen LogP contribution in [0.3, 0.4) is 0 Å². The Kier molecular flexibility index (Phi) is 2.00. The number of H-pyrrole nitrogens is 1. The number of anilines is 1. The number of ether oxygens (including phenoxy) is 1. The van der Waals surface area contributed by atoms with E-state index < -0.39 is 5.97 Å². The highest BCUT2D eigenvalue weighted by Gasteiger charge is 2.10. The predicted octanol–water partition coefficient (Wildman–Crippen LogP) is 1.46. The summed E-state index contributed by atoms with van der Waals surface area (Å²) in [5, 5.41) is 9.53. The number of rotatable bonds is 2. The van der Waals surface area contributed by atoms with Crippen molar-refractivity contribution in [3.8, 4) is 5.75 Å². The number of nitrogens with two attached hydrogens (primary N) is 1. The number of carboxylic acids is 1.